The second kappa shape index (κ2) is 7.85. The molecule has 1 fully saturated rings. The Morgan fingerprint density at radius 2 is 2.04 bits per heavy atom. The molecule has 0 radical (unpaired) electrons. The molecule has 1 atom stereocenters. The molecule has 4 nitrogen and oxygen atoms in total. The minimum absolute atomic E-state index is 0.0275. The normalized spacial score (nSPS) is 17.0. The third-order valence-corrected chi connectivity index (χ3v) is 4.84. The summed E-state index contributed by atoms with van der Waals surface area (Å²) in [6, 6.07) is 20.1. The maximum Gasteiger partial charge on any atom is 0.253 e. The molecule has 1 saturated heterocycles. The van der Waals surface area contributed by atoms with Crippen LogP contribution in [0.25, 0.3) is 0 Å². The Hall–Kier alpha value is -2.80. The molecule has 25 heavy (non-hydrogen) atoms. The first-order valence-corrected chi connectivity index (χ1v) is 8.72. The van der Waals surface area contributed by atoms with Gasteiger partial charge in [-0.1, -0.05) is 30.3 Å². The van der Waals surface area contributed by atoms with Crippen molar-refractivity contribution in [2.24, 2.45) is 0 Å². The SMILES string of the molecule is CN(C(=O)c1cccc(CC#N)c1)C1CCCN(c2ccccc2)C1. The molecular weight excluding hydrogens is 310 g/mol. The van der Waals surface area contributed by atoms with Gasteiger partial charge in [-0.05, 0) is 42.7 Å². The van der Waals surface area contributed by atoms with Crippen LogP contribution in [0.5, 0.6) is 0 Å². The minimum atomic E-state index is 0.0275. The van der Waals surface area contributed by atoms with Crippen molar-refractivity contribution in [3.05, 3.63) is 65.7 Å². The first-order chi connectivity index (χ1) is 12.2. The Bertz CT molecular complexity index is 766. The molecule has 0 N–H and O–H groups in total. The van der Waals surface area contributed by atoms with Crippen LogP contribution in [0.3, 0.4) is 0 Å². The zero-order chi connectivity index (χ0) is 17.6. The monoisotopic (exact) mass is 333 g/mol. The topological polar surface area (TPSA) is 47.3 Å². The highest BCUT2D eigenvalue weighted by Crippen LogP contribution is 2.22. The molecule has 0 aromatic heterocycles. The van der Waals surface area contributed by atoms with Gasteiger partial charge in [-0.2, -0.15) is 5.26 Å². The number of likely N-dealkylation sites (N-methyl/N-ethyl adjacent to an activating group) is 1. The van der Waals surface area contributed by atoms with E-state index in [9.17, 15) is 4.79 Å². The van der Waals surface area contributed by atoms with Gasteiger partial charge in [0.05, 0.1) is 12.5 Å². The van der Waals surface area contributed by atoms with Crippen LogP contribution in [0.15, 0.2) is 54.6 Å². The number of hydrogen-bond acceptors (Lipinski definition) is 3. The summed E-state index contributed by atoms with van der Waals surface area (Å²) < 4.78 is 0. The predicted octanol–water partition coefficient (Wildman–Crippen LogP) is 3.49. The standard InChI is InChI=1S/C21H23N3O/c1-23(21(25)18-8-5-7-17(15-18)12-13-22)20-11-6-14-24(16-20)19-9-3-2-4-10-19/h2-5,7-10,15,20H,6,11-12,14,16H2,1H3. The summed E-state index contributed by atoms with van der Waals surface area (Å²) in [5.41, 5.74) is 2.76. The summed E-state index contributed by atoms with van der Waals surface area (Å²) in [5.74, 6) is 0.0275. The van der Waals surface area contributed by atoms with E-state index in [0.29, 0.717) is 12.0 Å². The van der Waals surface area contributed by atoms with Crippen LogP contribution in [-0.2, 0) is 6.42 Å². The molecule has 0 spiro atoms. The van der Waals surface area contributed by atoms with Gasteiger partial charge < -0.3 is 9.80 Å². The smallest absolute Gasteiger partial charge is 0.253 e. The van der Waals surface area contributed by atoms with E-state index in [2.05, 4.69) is 35.2 Å². The number of benzene rings is 2. The first-order valence-electron chi connectivity index (χ1n) is 8.72. The highest BCUT2D eigenvalue weighted by molar-refractivity contribution is 5.94. The van der Waals surface area contributed by atoms with Crippen molar-refractivity contribution in [3.8, 4) is 6.07 Å². The molecule has 3 rings (SSSR count). The van der Waals surface area contributed by atoms with Gasteiger partial charge >= 0.3 is 0 Å². The van der Waals surface area contributed by atoms with E-state index >= 15 is 0 Å². The molecule has 0 bridgehead atoms. The van der Waals surface area contributed by atoms with Gasteiger partial charge in [0, 0.05) is 37.4 Å². The third-order valence-electron chi connectivity index (χ3n) is 4.84. The lowest BCUT2D eigenvalue weighted by atomic mass is 10.0. The Morgan fingerprint density at radius 1 is 1.24 bits per heavy atom. The summed E-state index contributed by atoms with van der Waals surface area (Å²) in [7, 11) is 1.89. The largest absolute Gasteiger partial charge is 0.369 e. The molecule has 1 aliphatic heterocycles. The predicted molar refractivity (Wildman–Crippen MR) is 99.5 cm³/mol. The van der Waals surface area contributed by atoms with Crippen molar-refractivity contribution < 1.29 is 4.79 Å². The van der Waals surface area contributed by atoms with Crippen molar-refractivity contribution >= 4 is 11.6 Å². The lowest BCUT2D eigenvalue weighted by molar-refractivity contribution is 0.0717. The van der Waals surface area contributed by atoms with E-state index in [-0.39, 0.29) is 11.9 Å². The van der Waals surface area contributed by atoms with E-state index in [1.807, 2.05) is 42.3 Å². The van der Waals surface area contributed by atoms with Crippen LogP contribution in [0.1, 0.15) is 28.8 Å². The zero-order valence-corrected chi connectivity index (χ0v) is 14.6. The summed E-state index contributed by atoms with van der Waals surface area (Å²) in [6.07, 6.45) is 2.42. The number of amides is 1. The molecule has 128 valence electrons. The second-order valence-electron chi connectivity index (χ2n) is 6.53. The van der Waals surface area contributed by atoms with Gasteiger partial charge in [0.2, 0.25) is 0 Å². The zero-order valence-electron chi connectivity index (χ0n) is 14.6. The molecule has 1 unspecified atom stereocenters. The summed E-state index contributed by atoms with van der Waals surface area (Å²) in [6.45, 7) is 1.88. The maximum absolute atomic E-state index is 12.9. The van der Waals surface area contributed by atoms with E-state index in [1.165, 1.54) is 5.69 Å². The summed E-state index contributed by atoms with van der Waals surface area (Å²) in [4.78, 5) is 17.1. The maximum atomic E-state index is 12.9. The van der Waals surface area contributed by atoms with Crippen molar-refractivity contribution in [3.63, 3.8) is 0 Å². The van der Waals surface area contributed by atoms with Crippen molar-refractivity contribution in [2.45, 2.75) is 25.3 Å². The molecule has 2 aromatic carbocycles. The number of nitriles is 1. The molecule has 2 aromatic rings. The van der Waals surface area contributed by atoms with Crippen LogP contribution in [0, 0.1) is 11.3 Å². The summed E-state index contributed by atoms with van der Waals surface area (Å²) in [5, 5.41) is 8.85. The number of carbonyl (C=O) groups excluding carboxylic acids is 1. The molecule has 0 aliphatic carbocycles. The van der Waals surface area contributed by atoms with Gasteiger partial charge in [-0.15, -0.1) is 0 Å². The van der Waals surface area contributed by atoms with Gasteiger partial charge in [0.1, 0.15) is 0 Å². The van der Waals surface area contributed by atoms with Gasteiger partial charge in [0.25, 0.3) is 5.91 Å². The van der Waals surface area contributed by atoms with E-state index in [0.717, 1.165) is 31.5 Å². The van der Waals surface area contributed by atoms with Crippen molar-refractivity contribution in [1.29, 1.82) is 5.26 Å². The van der Waals surface area contributed by atoms with Crippen LogP contribution in [0.2, 0.25) is 0 Å². The third kappa shape index (κ3) is 4.00. The number of carbonyl (C=O) groups is 1. The van der Waals surface area contributed by atoms with Crippen molar-refractivity contribution in [2.75, 3.05) is 25.0 Å². The van der Waals surface area contributed by atoms with Crippen molar-refractivity contribution in [1.82, 2.24) is 4.90 Å². The van der Waals surface area contributed by atoms with Gasteiger partial charge in [-0.3, -0.25) is 4.79 Å². The fraction of sp³-hybridized carbons (Fsp3) is 0.333. The average molecular weight is 333 g/mol. The number of anilines is 1. The molecule has 1 amide bonds. The summed E-state index contributed by atoms with van der Waals surface area (Å²) >= 11 is 0. The minimum Gasteiger partial charge on any atom is -0.369 e. The van der Waals surface area contributed by atoms with Gasteiger partial charge in [0.15, 0.2) is 0 Å². The first kappa shape index (κ1) is 17.0. The molecule has 4 heteroatoms. The van der Waals surface area contributed by atoms with Crippen LogP contribution < -0.4 is 4.90 Å². The highest BCUT2D eigenvalue weighted by Gasteiger charge is 2.26. The second-order valence-corrected chi connectivity index (χ2v) is 6.53. The molecule has 0 saturated carbocycles. The van der Waals surface area contributed by atoms with Crippen LogP contribution in [-0.4, -0.2) is 37.0 Å². The number of piperidine rings is 1. The number of hydrogen-bond donors (Lipinski definition) is 0. The van der Waals surface area contributed by atoms with E-state index in [1.54, 1.807) is 0 Å². The Kier molecular flexibility index (Phi) is 5.35. The van der Waals surface area contributed by atoms with Crippen LogP contribution >= 0.6 is 0 Å². The quantitative estimate of drug-likeness (QED) is 0.860. The van der Waals surface area contributed by atoms with Gasteiger partial charge in [-0.25, -0.2) is 0 Å². The molecule has 1 heterocycles. The van der Waals surface area contributed by atoms with Crippen LogP contribution in [0.4, 0.5) is 5.69 Å². The molecular formula is C21H23N3O. The number of rotatable bonds is 4. The average Bonchev–Trinajstić information content (AvgIpc) is 2.68. The number of nitrogens with zero attached hydrogens (tertiary/aromatic N) is 3. The lowest BCUT2D eigenvalue weighted by Crippen LogP contribution is -2.48. The Labute approximate surface area is 149 Å². The highest BCUT2D eigenvalue weighted by atomic mass is 16.2. The fourth-order valence-corrected chi connectivity index (χ4v) is 3.42. The van der Waals surface area contributed by atoms with E-state index < -0.39 is 0 Å². The molecule has 1 aliphatic rings. The Balaban J connectivity index is 1.71. The number of para-hydroxylation sites is 1. The van der Waals surface area contributed by atoms with E-state index in [4.69, 9.17) is 5.26 Å². The fourth-order valence-electron chi connectivity index (χ4n) is 3.42. The Morgan fingerprint density at radius 3 is 2.80 bits per heavy atom. The lowest BCUT2D eigenvalue weighted by Gasteiger charge is -2.39.